The lowest BCUT2D eigenvalue weighted by Gasteiger charge is -2.44. The Morgan fingerprint density at radius 2 is 1.71 bits per heavy atom. The molecule has 0 aromatic heterocycles. The van der Waals surface area contributed by atoms with E-state index in [9.17, 15) is 9.18 Å². The fourth-order valence-corrected chi connectivity index (χ4v) is 4.68. The molecule has 1 saturated heterocycles. The number of carbonyl (C=O) groups excluding carboxylic acids is 1. The molecule has 0 saturated carbocycles. The summed E-state index contributed by atoms with van der Waals surface area (Å²) >= 11 is 0. The van der Waals surface area contributed by atoms with Gasteiger partial charge in [-0.25, -0.2) is 4.39 Å². The van der Waals surface area contributed by atoms with Crippen molar-refractivity contribution in [3.8, 4) is 5.75 Å². The van der Waals surface area contributed by atoms with E-state index in [1.807, 2.05) is 24.0 Å². The van der Waals surface area contributed by atoms with E-state index in [2.05, 4.69) is 56.6 Å². The summed E-state index contributed by atoms with van der Waals surface area (Å²) in [6.45, 7) is 17.9. The van der Waals surface area contributed by atoms with E-state index in [0.717, 1.165) is 49.6 Å². The Bertz CT molecular complexity index is 959. The SMILES string of the molecule is CCN(CC)Cc1cc(C)c(OCC(=O)N2C[C@@H](C)N(Cc3ccc(F)cc3)C[C@@H]2C)cc1C. The van der Waals surface area contributed by atoms with E-state index in [1.165, 1.54) is 23.3 Å². The van der Waals surface area contributed by atoms with Gasteiger partial charge in [0.1, 0.15) is 11.6 Å². The predicted octanol–water partition coefficient (Wildman–Crippen LogP) is 4.78. The molecule has 0 spiro atoms. The number of rotatable bonds is 9. The van der Waals surface area contributed by atoms with Crippen LogP contribution in [0.5, 0.6) is 5.75 Å². The Kier molecular flexibility index (Phi) is 9.09. The van der Waals surface area contributed by atoms with Crippen molar-refractivity contribution in [3.05, 3.63) is 64.5 Å². The summed E-state index contributed by atoms with van der Waals surface area (Å²) < 4.78 is 19.2. The van der Waals surface area contributed by atoms with E-state index < -0.39 is 0 Å². The maximum atomic E-state index is 13.2. The Morgan fingerprint density at radius 3 is 2.35 bits per heavy atom. The van der Waals surface area contributed by atoms with Crippen molar-refractivity contribution in [1.29, 1.82) is 0 Å². The van der Waals surface area contributed by atoms with Gasteiger partial charge in [-0.1, -0.05) is 32.0 Å². The summed E-state index contributed by atoms with van der Waals surface area (Å²) in [6.07, 6.45) is 0. The molecule has 1 heterocycles. The van der Waals surface area contributed by atoms with Crippen molar-refractivity contribution in [2.75, 3.05) is 32.8 Å². The van der Waals surface area contributed by atoms with Crippen molar-refractivity contribution in [3.63, 3.8) is 0 Å². The lowest BCUT2D eigenvalue weighted by atomic mass is 10.0. The number of benzene rings is 2. The zero-order chi connectivity index (χ0) is 24.8. The van der Waals surface area contributed by atoms with Crippen molar-refractivity contribution in [2.24, 2.45) is 0 Å². The van der Waals surface area contributed by atoms with Crippen LogP contribution in [0, 0.1) is 19.7 Å². The molecule has 34 heavy (non-hydrogen) atoms. The van der Waals surface area contributed by atoms with E-state index >= 15 is 0 Å². The van der Waals surface area contributed by atoms with Gasteiger partial charge < -0.3 is 9.64 Å². The monoisotopic (exact) mass is 469 g/mol. The summed E-state index contributed by atoms with van der Waals surface area (Å²) in [5.74, 6) is 0.583. The van der Waals surface area contributed by atoms with E-state index in [0.29, 0.717) is 6.54 Å². The number of nitrogens with zero attached hydrogens (tertiary/aromatic N) is 3. The summed E-state index contributed by atoms with van der Waals surface area (Å²) in [7, 11) is 0. The molecule has 0 unspecified atom stereocenters. The minimum absolute atomic E-state index is 0.0186. The molecule has 186 valence electrons. The van der Waals surface area contributed by atoms with Gasteiger partial charge in [0.05, 0.1) is 0 Å². The molecule has 0 radical (unpaired) electrons. The van der Waals surface area contributed by atoms with Gasteiger partial charge in [0.25, 0.3) is 5.91 Å². The molecule has 2 aromatic carbocycles. The summed E-state index contributed by atoms with van der Waals surface area (Å²) in [6, 6.07) is 11.2. The number of amides is 1. The highest BCUT2D eigenvalue weighted by molar-refractivity contribution is 5.78. The van der Waals surface area contributed by atoms with E-state index in [-0.39, 0.29) is 30.4 Å². The van der Waals surface area contributed by atoms with Crippen LogP contribution in [0.4, 0.5) is 4.39 Å². The van der Waals surface area contributed by atoms with Crippen LogP contribution in [0.2, 0.25) is 0 Å². The minimum atomic E-state index is -0.218. The zero-order valence-corrected chi connectivity index (χ0v) is 21.6. The van der Waals surface area contributed by atoms with E-state index in [1.54, 1.807) is 0 Å². The van der Waals surface area contributed by atoms with Crippen LogP contribution in [0.25, 0.3) is 0 Å². The molecular formula is C28H40FN3O2. The van der Waals surface area contributed by atoms with Gasteiger partial charge in [0.15, 0.2) is 6.61 Å². The normalized spacial score (nSPS) is 19.0. The second-order valence-electron chi connectivity index (χ2n) is 9.59. The number of ether oxygens (including phenoxy) is 1. The van der Waals surface area contributed by atoms with Gasteiger partial charge in [-0.3, -0.25) is 14.6 Å². The highest BCUT2D eigenvalue weighted by atomic mass is 19.1. The number of hydrogen-bond donors (Lipinski definition) is 0. The van der Waals surface area contributed by atoms with Gasteiger partial charge in [-0.15, -0.1) is 0 Å². The van der Waals surface area contributed by atoms with Crippen LogP contribution in [0.3, 0.4) is 0 Å². The average molecular weight is 470 g/mol. The number of hydrogen-bond acceptors (Lipinski definition) is 4. The fraction of sp³-hybridized carbons (Fsp3) is 0.536. The molecule has 6 heteroatoms. The van der Waals surface area contributed by atoms with Crippen LogP contribution in [0.1, 0.15) is 49.9 Å². The molecule has 1 amide bonds. The Hall–Kier alpha value is -2.44. The Morgan fingerprint density at radius 1 is 1.03 bits per heavy atom. The van der Waals surface area contributed by atoms with Crippen LogP contribution in [-0.2, 0) is 17.9 Å². The van der Waals surface area contributed by atoms with Gasteiger partial charge in [-0.05, 0) is 81.2 Å². The fourth-order valence-electron chi connectivity index (χ4n) is 4.68. The van der Waals surface area contributed by atoms with Gasteiger partial charge in [0, 0.05) is 38.3 Å². The second-order valence-corrected chi connectivity index (χ2v) is 9.59. The Balaban J connectivity index is 1.57. The molecule has 2 atom stereocenters. The topological polar surface area (TPSA) is 36.0 Å². The largest absolute Gasteiger partial charge is 0.483 e. The quantitative estimate of drug-likeness (QED) is 0.529. The Labute approximate surface area is 204 Å². The van der Waals surface area contributed by atoms with Crippen LogP contribution in [-0.4, -0.2) is 65.5 Å². The molecule has 0 bridgehead atoms. The summed E-state index contributed by atoms with van der Waals surface area (Å²) in [5, 5.41) is 0. The van der Waals surface area contributed by atoms with E-state index in [4.69, 9.17) is 4.74 Å². The smallest absolute Gasteiger partial charge is 0.260 e. The number of aryl methyl sites for hydroxylation is 2. The zero-order valence-electron chi connectivity index (χ0n) is 21.6. The number of carbonyl (C=O) groups is 1. The molecule has 2 aromatic rings. The lowest BCUT2D eigenvalue weighted by molar-refractivity contribution is -0.139. The number of halogens is 1. The first-order valence-electron chi connectivity index (χ1n) is 12.4. The van der Waals surface area contributed by atoms with Gasteiger partial charge in [-0.2, -0.15) is 0 Å². The molecule has 5 nitrogen and oxygen atoms in total. The maximum absolute atomic E-state index is 13.2. The van der Waals surface area contributed by atoms with Crippen molar-refractivity contribution >= 4 is 5.91 Å². The molecule has 1 aliphatic rings. The first kappa shape index (κ1) is 26.2. The molecule has 1 fully saturated rings. The van der Waals surface area contributed by atoms with Gasteiger partial charge >= 0.3 is 0 Å². The van der Waals surface area contributed by atoms with Crippen LogP contribution < -0.4 is 4.74 Å². The third-order valence-corrected chi connectivity index (χ3v) is 7.01. The highest BCUT2D eigenvalue weighted by Gasteiger charge is 2.32. The van der Waals surface area contributed by atoms with Gasteiger partial charge in [0.2, 0.25) is 0 Å². The van der Waals surface area contributed by atoms with Crippen molar-refractivity contribution in [1.82, 2.24) is 14.7 Å². The lowest BCUT2D eigenvalue weighted by Crippen LogP contribution is -2.58. The standard InChI is InChI=1S/C28H40FN3O2/c1-7-30(8-2)18-25-13-21(4)27(14-20(25)3)34-19-28(33)32-16-22(5)31(15-23(32)6)17-24-9-11-26(29)12-10-24/h9-14,22-23H,7-8,15-19H2,1-6H3/t22-,23+/m1/s1. The third kappa shape index (κ3) is 6.57. The average Bonchev–Trinajstić information content (AvgIpc) is 2.81. The molecule has 0 aliphatic carbocycles. The minimum Gasteiger partial charge on any atom is -0.483 e. The van der Waals surface area contributed by atoms with Crippen LogP contribution in [0.15, 0.2) is 36.4 Å². The number of piperazine rings is 1. The summed E-state index contributed by atoms with van der Waals surface area (Å²) in [5.41, 5.74) is 4.64. The third-order valence-electron chi connectivity index (χ3n) is 7.01. The molecule has 0 N–H and O–H groups in total. The molecule has 3 rings (SSSR count). The first-order chi connectivity index (χ1) is 16.2. The molecule has 1 aliphatic heterocycles. The highest BCUT2D eigenvalue weighted by Crippen LogP contribution is 2.25. The second kappa shape index (κ2) is 11.8. The van der Waals surface area contributed by atoms with Crippen molar-refractivity contribution < 1.29 is 13.9 Å². The maximum Gasteiger partial charge on any atom is 0.260 e. The molecular weight excluding hydrogens is 429 g/mol. The first-order valence-corrected chi connectivity index (χ1v) is 12.4. The predicted molar refractivity (Wildman–Crippen MR) is 135 cm³/mol. The van der Waals surface area contributed by atoms with Crippen molar-refractivity contribution in [2.45, 2.75) is 66.7 Å². The summed E-state index contributed by atoms with van der Waals surface area (Å²) in [4.78, 5) is 19.7. The van der Waals surface area contributed by atoms with Crippen LogP contribution >= 0.6 is 0 Å².